The van der Waals surface area contributed by atoms with Crippen LogP contribution in [0.25, 0.3) is 0 Å². The zero-order chi connectivity index (χ0) is 15.5. The fourth-order valence-electron chi connectivity index (χ4n) is 1.60. The van der Waals surface area contributed by atoms with Gasteiger partial charge in [0.25, 0.3) is 0 Å². The molecule has 0 saturated heterocycles. The Balaban J connectivity index is 2.21. The smallest absolute Gasteiger partial charge is 0.335 e. The molecule has 110 valence electrons. The second kappa shape index (κ2) is 6.28. The molecule has 0 fully saturated rings. The van der Waals surface area contributed by atoms with E-state index in [1.807, 2.05) is 0 Å². The number of carbonyl (C=O) groups is 1. The summed E-state index contributed by atoms with van der Waals surface area (Å²) in [6, 6.07) is 9.35. The Morgan fingerprint density at radius 3 is 2.48 bits per heavy atom. The summed E-state index contributed by atoms with van der Waals surface area (Å²) in [4.78, 5) is 16.0. The second-order valence-corrected chi connectivity index (χ2v) is 7.54. The number of carboxylic acids is 1. The number of nitrogens with zero attached hydrogens (tertiary/aromatic N) is 1. The zero-order valence-corrected chi connectivity index (χ0v) is 12.8. The third-order valence-corrected chi connectivity index (χ3v) is 5.46. The van der Waals surface area contributed by atoms with Gasteiger partial charge in [-0.2, -0.15) is 0 Å². The Bertz CT molecular complexity index is 755. The van der Waals surface area contributed by atoms with Gasteiger partial charge < -0.3 is 5.11 Å². The summed E-state index contributed by atoms with van der Waals surface area (Å²) in [6.07, 6.45) is 1.43. The van der Waals surface area contributed by atoms with E-state index in [0.717, 1.165) is 4.90 Å². The Hall–Kier alpha value is -1.86. The summed E-state index contributed by atoms with van der Waals surface area (Å²) in [5, 5.41) is 9.47. The number of rotatable bonds is 5. The molecule has 0 aliphatic heterocycles. The van der Waals surface area contributed by atoms with E-state index in [4.69, 9.17) is 5.11 Å². The molecule has 2 aromatic rings. The SMILES string of the molecule is CCS(=O)(=O)c1ccc(Sc2cc(C(=O)O)ccn2)cc1. The van der Waals surface area contributed by atoms with Gasteiger partial charge in [-0.15, -0.1) is 0 Å². The number of carboxylic acid groups (broad SMARTS) is 1. The van der Waals surface area contributed by atoms with Gasteiger partial charge in [-0.1, -0.05) is 18.7 Å². The molecule has 0 bridgehead atoms. The van der Waals surface area contributed by atoms with Crippen LogP contribution in [0.4, 0.5) is 0 Å². The first-order valence-corrected chi connectivity index (χ1v) is 8.59. The molecule has 0 spiro atoms. The van der Waals surface area contributed by atoms with Crippen molar-refractivity contribution >= 4 is 27.6 Å². The van der Waals surface area contributed by atoms with Gasteiger partial charge in [-0.05, 0) is 36.4 Å². The molecule has 21 heavy (non-hydrogen) atoms. The van der Waals surface area contributed by atoms with Crippen LogP contribution in [-0.2, 0) is 9.84 Å². The number of sulfone groups is 1. The monoisotopic (exact) mass is 323 g/mol. The van der Waals surface area contributed by atoms with Crippen LogP contribution >= 0.6 is 11.8 Å². The van der Waals surface area contributed by atoms with Gasteiger partial charge in [0.2, 0.25) is 0 Å². The molecule has 1 heterocycles. The van der Waals surface area contributed by atoms with Crippen LogP contribution in [0.3, 0.4) is 0 Å². The van der Waals surface area contributed by atoms with Crippen molar-refractivity contribution in [3.63, 3.8) is 0 Å². The highest BCUT2D eigenvalue weighted by Gasteiger charge is 2.11. The Morgan fingerprint density at radius 1 is 1.24 bits per heavy atom. The van der Waals surface area contributed by atoms with Crippen LogP contribution in [0.1, 0.15) is 17.3 Å². The molecule has 5 nitrogen and oxygen atoms in total. The highest BCUT2D eigenvalue weighted by Crippen LogP contribution is 2.27. The molecular formula is C14H13NO4S2. The van der Waals surface area contributed by atoms with E-state index in [2.05, 4.69) is 4.98 Å². The first-order chi connectivity index (χ1) is 9.92. The number of aromatic carboxylic acids is 1. The molecule has 0 aliphatic carbocycles. The van der Waals surface area contributed by atoms with Crippen molar-refractivity contribution in [1.29, 1.82) is 0 Å². The van der Waals surface area contributed by atoms with Crippen molar-refractivity contribution in [2.75, 3.05) is 5.75 Å². The summed E-state index contributed by atoms with van der Waals surface area (Å²) < 4.78 is 23.4. The first-order valence-electron chi connectivity index (χ1n) is 6.12. The van der Waals surface area contributed by atoms with Crippen LogP contribution in [0.5, 0.6) is 0 Å². The Labute approximate surface area is 127 Å². The van der Waals surface area contributed by atoms with Crippen molar-refractivity contribution in [1.82, 2.24) is 4.98 Å². The summed E-state index contributed by atoms with van der Waals surface area (Å²) in [5.74, 6) is -0.953. The third-order valence-electron chi connectivity index (χ3n) is 2.77. The van der Waals surface area contributed by atoms with Gasteiger partial charge in [0.15, 0.2) is 9.84 Å². The maximum atomic E-state index is 11.7. The van der Waals surface area contributed by atoms with Crippen LogP contribution in [0, 0.1) is 0 Å². The number of benzene rings is 1. The van der Waals surface area contributed by atoms with Crippen LogP contribution in [-0.4, -0.2) is 30.2 Å². The van der Waals surface area contributed by atoms with Crippen LogP contribution < -0.4 is 0 Å². The molecule has 1 aromatic heterocycles. The normalized spacial score (nSPS) is 11.3. The van der Waals surface area contributed by atoms with Gasteiger partial charge in [0, 0.05) is 11.1 Å². The number of pyridine rings is 1. The highest BCUT2D eigenvalue weighted by atomic mass is 32.2. The van der Waals surface area contributed by atoms with Crippen molar-refractivity contribution in [2.24, 2.45) is 0 Å². The summed E-state index contributed by atoms with van der Waals surface area (Å²) in [6.45, 7) is 1.60. The lowest BCUT2D eigenvalue weighted by Gasteiger charge is -2.04. The molecule has 0 radical (unpaired) electrons. The standard InChI is InChI=1S/C14H13NO4S2/c1-2-21(18,19)12-5-3-11(4-6-12)20-13-9-10(14(16)17)7-8-15-13/h3-9H,2H2,1H3,(H,16,17). The van der Waals surface area contributed by atoms with Crippen molar-refractivity contribution in [3.8, 4) is 0 Å². The zero-order valence-electron chi connectivity index (χ0n) is 11.2. The minimum absolute atomic E-state index is 0.0572. The van der Waals surface area contributed by atoms with E-state index in [-0.39, 0.29) is 16.2 Å². The lowest BCUT2D eigenvalue weighted by Crippen LogP contribution is -2.03. The van der Waals surface area contributed by atoms with Gasteiger partial charge >= 0.3 is 5.97 Å². The Morgan fingerprint density at radius 2 is 1.90 bits per heavy atom. The molecule has 0 saturated carbocycles. The molecule has 0 amide bonds. The molecular weight excluding hydrogens is 310 g/mol. The van der Waals surface area contributed by atoms with E-state index in [1.54, 1.807) is 31.2 Å². The first kappa shape index (κ1) is 15.5. The third kappa shape index (κ3) is 3.83. The van der Waals surface area contributed by atoms with Gasteiger partial charge in [0.05, 0.1) is 16.2 Å². The molecule has 1 N–H and O–H groups in total. The average molecular weight is 323 g/mol. The van der Waals surface area contributed by atoms with E-state index >= 15 is 0 Å². The van der Waals surface area contributed by atoms with E-state index in [0.29, 0.717) is 5.03 Å². The lowest BCUT2D eigenvalue weighted by atomic mass is 10.3. The number of hydrogen-bond acceptors (Lipinski definition) is 5. The number of aromatic nitrogens is 1. The molecule has 2 rings (SSSR count). The fraction of sp³-hybridized carbons (Fsp3) is 0.143. The van der Waals surface area contributed by atoms with Crippen LogP contribution in [0.15, 0.2) is 57.4 Å². The van der Waals surface area contributed by atoms with Crippen LogP contribution in [0.2, 0.25) is 0 Å². The molecule has 1 aromatic carbocycles. The quantitative estimate of drug-likeness (QED) is 0.911. The average Bonchev–Trinajstić information content (AvgIpc) is 2.48. The van der Waals surface area contributed by atoms with E-state index in [9.17, 15) is 13.2 Å². The summed E-state index contributed by atoms with van der Waals surface area (Å²) >= 11 is 1.28. The topological polar surface area (TPSA) is 84.3 Å². The minimum atomic E-state index is -3.21. The van der Waals surface area contributed by atoms with Gasteiger partial charge in [-0.3, -0.25) is 0 Å². The molecule has 0 atom stereocenters. The van der Waals surface area contributed by atoms with E-state index < -0.39 is 15.8 Å². The second-order valence-electron chi connectivity index (χ2n) is 4.16. The summed E-state index contributed by atoms with van der Waals surface area (Å²) in [7, 11) is -3.21. The van der Waals surface area contributed by atoms with Gasteiger partial charge in [0.1, 0.15) is 5.03 Å². The fourth-order valence-corrected chi connectivity index (χ4v) is 3.30. The summed E-state index contributed by atoms with van der Waals surface area (Å²) in [5.41, 5.74) is 0.165. The van der Waals surface area contributed by atoms with Gasteiger partial charge in [-0.25, -0.2) is 18.2 Å². The molecule has 7 heteroatoms. The van der Waals surface area contributed by atoms with E-state index in [1.165, 1.54) is 30.1 Å². The van der Waals surface area contributed by atoms with Crippen molar-refractivity contribution in [3.05, 3.63) is 48.2 Å². The maximum Gasteiger partial charge on any atom is 0.335 e. The predicted octanol–water partition coefficient (Wildman–Crippen LogP) is 2.72. The lowest BCUT2D eigenvalue weighted by molar-refractivity contribution is 0.0696. The highest BCUT2D eigenvalue weighted by molar-refractivity contribution is 7.99. The predicted molar refractivity (Wildman–Crippen MR) is 79.5 cm³/mol. The number of hydrogen-bond donors (Lipinski definition) is 1. The Kier molecular flexibility index (Phi) is 4.64. The molecule has 0 unspecified atom stereocenters. The van der Waals surface area contributed by atoms with Crippen molar-refractivity contribution < 1.29 is 18.3 Å². The largest absolute Gasteiger partial charge is 0.478 e. The molecule has 0 aliphatic rings. The maximum absolute atomic E-state index is 11.7. The minimum Gasteiger partial charge on any atom is -0.478 e. The van der Waals surface area contributed by atoms with Crippen molar-refractivity contribution in [2.45, 2.75) is 21.7 Å².